The second-order valence-corrected chi connectivity index (χ2v) is 4.75. The standard InChI is InChI=1S/C11H17N3/c1-14-7-10(6-12-14)13-11(8-2-3-8)9-4-5-9/h6-9,11,13H,2-5H2,1H3. The first kappa shape index (κ1) is 8.33. The van der Waals surface area contributed by atoms with Gasteiger partial charge in [-0.15, -0.1) is 0 Å². The van der Waals surface area contributed by atoms with E-state index >= 15 is 0 Å². The van der Waals surface area contributed by atoms with Gasteiger partial charge >= 0.3 is 0 Å². The van der Waals surface area contributed by atoms with E-state index in [1.165, 1.54) is 31.4 Å². The Morgan fingerprint density at radius 2 is 2.00 bits per heavy atom. The predicted molar refractivity (Wildman–Crippen MR) is 56.1 cm³/mol. The van der Waals surface area contributed by atoms with Crippen LogP contribution in [-0.4, -0.2) is 15.8 Å². The van der Waals surface area contributed by atoms with E-state index in [0.717, 1.165) is 17.9 Å². The number of nitrogens with zero attached hydrogens (tertiary/aromatic N) is 2. The van der Waals surface area contributed by atoms with Crippen LogP contribution in [0.2, 0.25) is 0 Å². The van der Waals surface area contributed by atoms with Crippen LogP contribution in [-0.2, 0) is 7.05 Å². The maximum absolute atomic E-state index is 4.18. The number of hydrogen-bond acceptors (Lipinski definition) is 2. The molecule has 3 rings (SSSR count). The van der Waals surface area contributed by atoms with Crippen LogP contribution in [0, 0.1) is 11.8 Å². The summed E-state index contributed by atoms with van der Waals surface area (Å²) < 4.78 is 1.86. The van der Waals surface area contributed by atoms with Crippen molar-refractivity contribution in [3.8, 4) is 0 Å². The van der Waals surface area contributed by atoms with Crippen LogP contribution >= 0.6 is 0 Å². The SMILES string of the molecule is Cn1cc(NC(C2CC2)C2CC2)cn1. The van der Waals surface area contributed by atoms with E-state index in [2.05, 4.69) is 16.6 Å². The highest BCUT2D eigenvalue weighted by atomic mass is 15.3. The largest absolute Gasteiger partial charge is 0.379 e. The normalized spacial score (nSPS) is 21.6. The van der Waals surface area contributed by atoms with Crippen molar-refractivity contribution >= 4 is 5.69 Å². The Morgan fingerprint density at radius 3 is 2.43 bits per heavy atom. The zero-order valence-electron chi connectivity index (χ0n) is 8.61. The van der Waals surface area contributed by atoms with Crippen molar-refractivity contribution in [3.63, 3.8) is 0 Å². The van der Waals surface area contributed by atoms with Crippen molar-refractivity contribution in [1.29, 1.82) is 0 Å². The first-order valence-electron chi connectivity index (χ1n) is 5.58. The van der Waals surface area contributed by atoms with Gasteiger partial charge in [-0.25, -0.2) is 0 Å². The van der Waals surface area contributed by atoms with Crippen LogP contribution < -0.4 is 5.32 Å². The summed E-state index contributed by atoms with van der Waals surface area (Å²) in [6.45, 7) is 0. The van der Waals surface area contributed by atoms with Gasteiger partial charge in [0.05, 0.1) is 11.9 Å². The molecule has 14 heavy (non-hydrogen) atoms. The van der Waals surface area contributed by atoms with Gasteiger partial charge in [0.25, 0.3) is 0 Å². The Hall–Kier alpha value is -0.990. The summed E-state index contributed by atoms with van der Waals surface area (Å²) in [6, 6.07) is 0.735. The third-order valence-corrected chi connectivity index (χ3v) is 3.30. The second kappa shape index (κ2) is 3.01. The van der Waals surface area contributed by atoms with Gasteiger partial charge < -0.3 is 5.32 Å². The van der Waals surface area contributed by atoms with Crippen LogP contribution in [0.3, 0.4) is 0 Å². The van der Waals surface area contributed by atoms with Gasteiger partial charge in [-0.05, 0) is 37.5 Å². The molecule has 2 aliphatic carbocycles. The molecular formula is C11H17N3. The fraction of sp³-hybridized carbons (Fsp3) is 0.727. The highest BCUT2D eigenvalue weighted by molar-refractivity contribution is 5.40. The van der Waals surface area contributed by atoms with Crippen molar-refractivity contribution < 1.29 is 0 Å². The Labute approximate surface area is 84.5 Å². The van der Waals surface area contributed by atoms with Crippen molar-refractivity contribution in [2.75, 3.05) is 5.32 Å². The third-order valence-electron chi connectivity index (χ3n) is 3.30. The molecule has 2 aliphatic rings. The smallest absolute Gasteiger partial charge is 0.0728 e. The molecule has 0 saturated heterocycles. The third kappa shape index (κ3) is 1.63. The van der Waals surface area contributed by atoms with E-state index < -0.39 is 0 Å². The van der Waals surface area contributed by atoms with Gasteiger partial charge in [0.1, 0.15) is 0 Å². The number of rotatable bonds is 4. The van der Waals surface area contributed by atoms with Crippen molar-refractivity contribution in [2.24, 2.45) is 18.9 Å². The average Bonchev–Trinajstić information content (AvgIpc) is 3.04. The first-order valence-corrected chi connectivity index (χ1v) is 5.58. The van der Waals surface area contributed by atoms with Crippen molar-refractivity contribution in [2.45, 2.75) is 31.7 Å². The molecule has 0 amide bonds. The zero-order valence-corrected chi connectivity index (χ0v) is 8.61. The van der Waals surface area contributed by atoms with Crippen LogP contribution in [0.4, 0.5) is 5.69 Å². The van der Waals surface area contributed by atoms with E-state index in [1.807, 2.05) is 17.9 Å². The Bertz CT molecular complexity index is 311. The molecule has 0 unspecified atom stereocenters. The molecule has 3 heteroatoms. The maximum Gasteiger partial charge on any atom is 0.0728 e. The van der Waals surface area contributed by atoms with Crippen molar-refractivity contribution in [3.05, 3.63) is 12.4 Å². The molecule has 2 saturated carbocycles. The Morgan fingerprint density at radius 1 is 1.36 bits per heavy atom. The van der Waals surface area contributed by atoms with E-state index in [-0.39, 0.29) is 0 Å². The minimum Gasteiger partial charge on any atom is -0.379 e. The molecule has 3 nitrogen and oxygen atoms in total. The molecule has 0 bridgehead atoms. The lowest BCUT2D eigenvalue weighted by molar-refractivity contribution is 0.568. The van der Waals surface area contributed by atoms with Crippen molar-refractivity contribution in [1.82, 2.24) is 9.78 Å². The molecular weight excluding hydrogens is 174 g/mol. The molecule has 1 aromatic heterocycles. The second-order valence-electron chi connectivity index (χ2n) is 4.75. The lowest BCUT2D eigenvalue weighted by Crippen LogP contribution is -2.23. The van der Waals surface area contributed by atoms with Gasteiger partial charge in [0.2, 0.25) is 0 Å². The molecule has 0 spiro atoms. The van der Waals surface area contributed by atoms with Crippen LogP contribution in [0.25, 0.3) is 0 Å². The summed E-state index contributed by atoms with van der Waals surface area (Å²) in [5.74, 6) is 1.89. The van der Waals surface area contributed by atoms with Gasteiger partial charge in [-0.2, -0.15) is 5.10 Å². The molecule has 76 valence electrons. The number of hydrogen-bond donors (Lipinski definition) is 1. The summed E-state index contributed by atoms with van der Waals surface area (Å²) in [4.78, 5) is 0. The fourth-order valence-corrected chi connectivity index (χ4v) is 2.22. The molecule has 1 heterocycles. The highest BCUT2D eigenvalue weighted by Gasteiger charge is 2.41. The van der Waals surface area contributed by atoms with E-state index in [0.29, 0.717) is 0 Å². The van der Waals surface area contributed by atoms with E-state index in [4.69, 9.17) is 0 Å². The van der Waals surface area contributed by atoms with Gasteiger partial charge in [-0.1, -0.05) is 0 Å². The topological polar surface area (TPSA) is 29.9 Å². The number of aryl methyl sites for hydroxylation is 1. The Kier molecular flexibility index (Phi) is 1.79. The molecule has 0 aliphatic heterocycles. The maximum atomic E-state index is 4.18. The summed E-state index contributed by atoms with van der Waals surface area (Å²) in [6.07, 6.45) is 9.70. The molecule has 0 aromatic carbocycles. The quantitative estimate of drug-likeness (QED) is 0.789. The molecule has 1 N–H and O–H groups in total. The van der Waals surface area contributed by atoms with E-state index in [9.17, 15) is 0 Å². The molecule has 1 aromatic rings. The molecule has 0 radical (unpaired) electrons. The number of nitrogens with one attached hydrogen (secondary N) is 1. The predicted octanol–water partition coefficient (Wildman–Crippen LogP) is 2.02. The Balaban J connectivity index is 1.68. The minimum absolute atomic E-state index is 0.735. The number of aromatic nitrogens is 2. The summed E-state index contributed by atoms with van der Waals surface area (Å²) in [5.41, 5.74) is 1.19. The van der Waals surface area contributed by atoms with Crippen LogP contribution in [0.5, 0.6) is 0 Å². The lowest BCUT2D eigenvalue weighted by atomic mass is 10.1. The molecule has 0 atom stereocenters. The minimum atomic E-state index is 0.735. The molecule has 2 fully saturated rings. The first-order chi connectivity index (χ1) is 6.83. The summed E-state index contributed by atoms with van der Waals surface area (Å²) in [7, 11) is 1.97. The summed E-state index contributed by atoms with van der Waals surface area (Å²) >= 11 is 0. The van der Waals surface area contributed by atoms with Gasteiger partial charge in [0, 0.05) is 19.3 Å². The van der Waals surface area contributed by atoms with Gasteiger partial charge in [-0.3, -0.25) is 4.68 Å². The zero-order chi connectivity index (χ0) is 9.54. The lowest BCUT2D eigenvalue weighted by Gasteiger charge is -2.17. The monoisotopic (exact) mass is 191 g/mol. The van der Waals surface area contributed by atoms with Crippen LogP contribution in [0.15, 0.2) is 12.4 Å². The van der Waals surface area contributed by atoms with Crippen LogP contribution in [0.1, 0.15) is 25.7 Å². The highest BCUT2D eigenvalue weighted by Crippen LogP contribution is 2.45. The number of anilines is 1. The van der Waals surface area contributed by atoms with E-state index in [1.54, 1.807) is 0 Å². The fourth-order valence-electron chi connectivity index (χ4n) is 2.22. The summed E-state index contributed by atoms with van der Waals surface area (Å²) in [5, 5.41) is 7.82. The van der Waals surface area contributed by atoms with Gasteiger partial charge in [0.15, 0.2) is 0 Å². The average molecular weight is 191 g/mol.